The Labute approximate surface area is 296 Å². The number of aromatic nitrogens is 3. The van der Waals surface area contributed by atoms with E-state index < -0.39 is 52.8 Å². The molecule has 22 nitrogen and oxygen atoms in total. The lowest BCUT2D eigenvalue weighted by Crippen LogP contribution is -2.19. The monoisotopic (exact) mass is 778 g/mol. The lowest BCUT2D eigenvalue weighted by Gasteiger charge is -2.12. The van der Waals surface area contributed by atoms with E-state index in [0.717, 1.165) is 11.6 Å². The predicted molar refractivity (Wildman–Crippen MR) is 188 cm³/mol. The van der Waals surface area contributed by atoms with Gasteiger partial charge in [0.25, 0.3) is 30.4 Å². The van der Waals surface area contributed by atoms with Gasteiger partial charge in [-0.25, -0.2) is 4.79 Å². The van der Waals surface area contributed by atoms with Gasteiger partial charge in [-0.15, -0.1) is 10.2 Å². The number of urea groups is 1. The van der Waals surface area contributed by atoms with Crippen LogP contribution in [0.25, 0.3) is 0 Å². The van der Waals surface area contributed by atoms with Crippen LogP contribution in [0.2, 0.25) is 0 Å². The molecule has 0 saturated heterocycles. The summed E-state index contributed by atoms with van der Waals surface area (Å²) < 4.78 is 96.7. The third-order valence-corrected chi connectivity index (χ3v) is 8.56. The number of azo groups is 2. The summed E-state index contributed by atoms with van der Waals surface area (Å²) in [4.78, 5) is 23.4. The maximum absolute atomic E-state index is 12.2. The number of primary amides is 1. The number of carbonyl (C=O) groups excluding carboxylic acids is 1. The molecule has 0 radical (unpaired) electrons. The average molecular weight is 779 g/mol. The molecule has 1 heterocycles. The molecule has 3 aromatic carbocycles. The number of aryl methyl sites for hydroxylation is 1. The van der Waals surface area contributed by atoms with E-state index in [1.54, 1.807) is 12.1 Å². The van der Waals surface area contributed by atoms with E-state index in [1.165, 1.54) is 30.3 Å². The summed E-state index contributed by atoms with van der Waals surface area (Å²) >= 11 is 0. The normalized spacial score (nSPS) is 12.2. The van der Waals surface area contributed by atoms with Crippen molar-refractivity contribution < 1.29 is 43.7 Å². The maximum Gasteiger partial charge on any atom is 0.316 e. The van der Waals surface area contributed by atoms with Crippen molar-refractivity contribution in [3.05, 3.63) is 66.2 Å². The highest BCUT2D eigenvalue weighted by Gasteiger charge is 2.18. The Kier molecular flexibility index (Phi) is 12.4. The zero-order chi connectivity index (χ0) is 38.1. The van der Waals surface area contributed by atoms with E-state index in [4.69, 9.17) is 14.8 Å². The second-order valence-electron chi connectivity index (χ2n) is 10.4. The van der Waals surface area contributed by atoms with Crippen molar-refractivity contribution in [3.8, 4) is 0 Å². The van der Waals surface area contributed by atoms with Gasteiger partial charge < -0.3 is 27.0 Å². The molecule has 25 heteroatoms. The predicted octanol–water partition coefficient (Wildman–Crippen LogP) is 4.09. The number of nitrogens with one attached hydrogen (secondary N) is 4. The summed E-state index contributed by atoms with van der Waals surface area (Å²) in [5, 5.41) is 26.3. The highest BCUT2D eigenvalue weighted by molar-refractivity contribution is 7.86. The Balaban J connectivity index is 1.62. The van der Waals surface area contributed by atoms with Crippen LogP contribution in [0.3, 0.4) is 0 Å². The molecule has 0 spiro atoms. The number of benzene rings is 3. The Morgan fingerprint density at radius 2 is 1.21 bits per heavy atom. The van der Waals surface area contributed by atoms with Crippen molar-refractivity contribution in [2.75, 3.05) is 45.9 Å². The van der Waals surface area contributed by atoms with E-state index >= 15 is 0 Å². The summed E-state index contributed by atoms with van der Waals surface area (Å²) in [6.07, 6.45) is 0. The minimum absolute atomic E-state index is 0.0236. The Bertz CT molecular complexity index is 2280. The first-order chi connectivity index (χ1) is 24.3. The lowest BCUT2D eigenvalue weighted by atomic mass is 10.2. The van der Waals surface area contributed by atoms with Crippen molar-refractivity contribution in [2.45, 2.75) is 11.8 Å². The fourth-order valence-electron chi connectivity index (χ4n) is 3.93. The molecule has 0 aliphatic rings. The Morgan fingerprint density at radius 3 is 1.77 bits per heavy atom. The molecule has 0 fully saturated rings. The third-order valence-electron chi connectivity index (χ3n) is 6.23. The molecular formula is C27H30N12O10S3. The van der Waals surface area contributed by atoms with Gasteiger partial charge in [0.15, 0.2) is 0 Å². The highest BCUT2D eigenvalue weighted by atomic mass is 32.2. The molecule has 2 amide bonds. The van der Waals surface area contributed by atoms with Gasteiger partial charge in [-0.1, -0.05) is 17.7 Å². The number of hydrogen-bond donors (Lipinski definition) is 8. The van der Waals surface area contributed by atoms with Crippen LogP contribution in [0.4, 0.5) is 56.8 Å². The van der Waals surface area contributed by atoms with Gasteiger partial charge in [0.2, 0.25) is 17.8 Å². The fraction of sp³-hybridized carbons (Fsp3) is 0.185. The Morgan fingerprint density at radius 1 is 0.692 bits per heavy atom. The summed E-state index contributed by atoms with van der Waals surface area (Å²) in [7, 11) is -13.5. The molecule has 4 aromatic rings. The van der Waals surface area contributed by atoms with E-state index in [1.807, 2.05) is 19.1 Å². The summed E-state index contributed by atoms with van der Waals surface area (Å²) in [5.74, 6) is -1.97. The molecule has 0 atom stereocenters. The first kappa shape index (κ1) is 39.1. The summed E-state index contributed by atoms with van der Waals surface area (Å²) in [6, 6.07) is 13.8. The highest BCUT2D eigenvalue weighted by Crippen LogP contribution is 2.34. The molecule has 9 N–H and O–H groups in total. The van der Waals surface area contributed by atoms with Gasteiger partial charge in [-0.05, 0) is 55.5 Å². The van der Waals surface area contributed by atoms with Crippen molar-refractivity contribution in [1.82, 2.24) is 15.0 Å². The van der Waals surface area contributed by atoms with E-state index in [-0.39, 0.29) is 59.4 Å². The number of amides is 2. The first-order valence-electron chi connectivity index (χ1n) is 14.5. The van der Waals surface area contributed by atoms with Crippen LogP contribution in [0.5, 0.6) is 0 Å². The quantitative estimate of drug-likeness (QED) is 0.0586. The van der Waals surface area contributed by atoms with Crippen LogP contribution in [0.1, 0.15) is 5.56 Å². The largest absolute Gasteiger partial charge is 0.353 e. The molecule has 0 aliphatic carbocycles. The molecular weight excluding hydrogens is 749 g/mol. The van der Waals surface area contributed by atoms with Crippen LogP contribution < -0.4 is 27.0 Å². The molecule has 0 saturated carbocycles. The molecule has 0 bridgehead atoms. The molecule has 0 unspecified atom stereocenters. The zero-order valence-electron chi connectivity index (χ0n) is 26.7. The van der Waals surface area contributed by atoms with Crippen molar-refractivity contribution >= 4 is 88.4 Å². The first-order valence-corrected chi connectivity index (χ1v) is 19.1. The van der Waals surface area contributed by atoms with Crippen LogP contribution in [-0.4, -0.2) is 84.5 Å². The number of nitrogens with zero attached hydrogens (tertiary/aromatic N) is 7. The number of rotatable bonds is 16. The third kappa shape index (κ3) is 12.9. The summed E-state index contributed by atoms with van der Waals surface area (Å²) in [5.41, 5.74) is 6.78. The van der Waals surface area contributed by atoms with Crippen LogP contribution >= 0.6 is 0 Å². The maximum atomic E-state index is 12.2. The molecule has 1 aromatic heterocycles. The number of nitrogens with two attached hydrogens (primary N) is 1. The van der Waals surface area contributed by atoms with Crippen molar-refractivity contribution in [2.24, 2.45) is 26.2 Å². The molecule has 0 aliphatic heterocycles. The van der Waals surface area contributed by atoms with Gasteiger partial charge in [-0.3, -0.25) is 13.7 Å². The topological polar surface area (TPSA) is 342 Å². The average Bonchev–Trinajstić information content (AvgIpc) is 3.02. The smallest absolute Gasteiger partial charge is 0.316 e. The van der Waals surface area contributed by atoms with Gasteiger partial charge in [0.1, 0.15) is 16.3 Å². The minimum atomic E-state index is -4.82. The molecule has 276 valence electrons. The number of carbonyl (C=O) groups is 1. The van der Waals surface area contributed by atoms with Crippen LogP contribution in [-0.2, 0) is 30.4 Å². The second-order valence-corrected chi connectivity index (χ2v) is 15.0. The molecule has 4 rings (SSSR count). The zero-order valence-corrected chi connectivity index (χ0v) is 29.2. The second kappa shape index (κ2) is 16.5. The lowest BCUT2D eigenvalue weighted by molar-refractivity contribution is 0.259. The van der Waals surface area contributed by atoms with E-state index in [9.17, 15) is 34.6 Å². The van der Waals surface area contributed by atoms with E-state index in [0.29, 0.717) is 5.69 Å². The Hall–Kier alpha value is -5.73. The van der Waals surface area contributed by atoms with Crippen molar-refractivity contribution in [1.29, 1.82) is 0 Å². The van der Waals surface area contributed by atoms with E-state index in [2.05, 4.69) is 56.7 Å². The minimum Gasteiger partial charge on any atom is -0.353 e. The van der Waals surface area contributed by atoms with Gasteiger partial charge in [0.05, 0.1) is 28.6 Å². The van der Waals surface area contributed by atoms with Crippen LogP contribution in [0.15, 0.2) is 86.0 Å². The van der Waals surface area contributed by atoms with Gasteiger partial charge >= 0.3 is 6.03 Å². The van der Waals surface area contributed by atoms with Crippen molar-refractivity contribution in [3.63, 3.8) is 0 Å². The number of hydrogen-bond acceptors (Lipinski definition) is 17. The van der Waals surface area contributed by atoms with Gasteiger partial charge in [-0.2, -0.15) is 50.4 Å². The van der Waals surface area contributed by atoms with Gasteiger partial charge in [0, 0.05) is 18.8 Å². The number of anilines is 5. The molecule has 52 heavy (non-hydrogen) atoms. The standard InChI is InChI=1S/C27H30N12O10S3/c1-16-2-4-17(5-3-16)36-37-19-7-9-21(23(15-19)52(47,48)49)39-38-20-8-6-18(14-22(20)32-24(28)40)31-27-34-25(29-10-12-50(41,42)43)33-26(35-27)30-11-13-51(44,45)46/h2-9,14-15H,10-13H2,1H3,(H3,28,32,40)(H,41,42,43)(H,44,45,46)(H,47,48,49)(H3,29,30,31,33,34,35). The van der Waals surface area contributed by atoms with Crippen LogP contribution in [0, 0.1) is 6.92 Å². The summed E-state index contributed by atoms with van der Waals surface area (Å²) in [6.45, 7) is 1.26. The SMILES string of the molecule is Cc1ccc(N=Nc2ccc(N=Nc3ccc(Nc4nc(NCCS(=O)(=O)O)nc(NCCS(=O)(=O)O)n4)cc3NC(N)=O)c(S(=O)(=O)O)c2)cc1. The fourth-order valence-corrected chi connectivity index (χ4v) is 5.29.